The van der Waals surface area contributed by atoms with E-state index in [1.165, 1.54) is 16.0 Å². The third-order valence-corrected chi connectivity index (χ3v) is 6.78. The molecule has 6 heteroatoms. The number of anilines is 1. The average molecular weight is 424 g/mol. The number of rotatable bonds is 7. The van der Waals surface area contributed by atoms with Crippen LogP contribution in [0.5, 0.6) is 0 Å². The van der Waals surface area contributed by atoms with Gasteiger partial charge in [0.05, 0.1) is 5.69 Å². The van der Waals surface area contributed by atoms with Gasteiger partial charge >= 0.3 is 0 Å². The standard InChI is InChI=1S/C24H29N3O2S/c1-18-5-7-19(8-6-18)17-27-14-15-30-22-10-9-20(16-21(22)27)24(29)25-11-3-13-26-12-2-4-23(26)28/h5-10,16H,2-4,11-15,17H2,1H3,(H,25,29). The van der Waals surface area contributed by atoms with Gasteiger partial charge < -0.3 is 15.1 Å². The van der Waals surface area contributed by atoms with Crippen LogP contribution in [-0.2, 0) is 11.3 Å². The Balaban J connectivity index is 1.37. The van der Waals surface area contributed by atoms with E-state index in [1.807, 2.05) is 28.8 Å². The van der Waals surface area contributed by atoms with Crippen LogP contribution >= 0.6 is 11.8 Å². The number of carbonyl (C=O) groups excluding carboxylic acids is 2. The molecule has 0 aliphatic carbocycles. The van der Waals surface area contributed by atoms with Gasteiger partial charge in [0.25, 0.3) is 5.91 Å². The zero-order valence-corrected chi connectivity index (χ0v) is 18.3. The predicted octanol–water partition coefficient (Wildman–Crippen LogP) is 3.85. The van der Waals surface area contributed by atoms with Gasteiger partial charge in [-0.05, 0) is 43.5 Å². The second-order valence-corrected chi connectivity index (χ2v) is 9.17. The zero-order valence-electron chi connectivity index (χ0n) is 17.5. The van der Waals surface area contributed by atoms with Crippen LogP contribution in [0.25, 0.3) is 0 Å². The van der Waals surface area contributed by atoms with Crippen LogP contribution in [0.2, 0.25) is 0 Å². The van der Waals surface area contributed by atoms with Crippen molar-refractivity contribution < 1.29 is 9.59 Å². The van der Waals surface area contributed by atoms with Crippen LogP contribution in [0.3, 0.4) is 0 Å². The molecule has 2 amide bonds. The van der Waals surface area contributed by atoms with Gasteiger partial charge in [0.1, 0.15) is 0 Å². The third kappa shape index (κ3) is 4.98. The Bertz CT molecular complexity index is 913. The first-order chi connectivity index (χ1) is 14.6. The molecular weight excluding hydrogens is 394 g/mol. The average Bonchev–Trinajstić information content (AvgIpc) is 3.17. The molecule has 0 atom stereocenters. The molecule has 0 spiro atoms. The van der Waals surface area contributed by atoms with Crippen molar-refractivity contribution in [3.05, 3.63) is 59.2 Å². The smallest absolute Gasteiger partial charge is 0.251 e. The highest BCUT2D eigenvalue weighted by atomic mass is 32.2. The molecule has 4 rings (SSSR count). The summed E-state index contributed by atoms with van der Waals surface area (Å²) in [6.07, 6.45) is 2.41. The van der Waals surface area contributed by atoms with Gasteiger partial charge in [0.2, 0.25) is 5.91 Å². The molecule has 0 unspecified atom stereocenters. The van der Waals surface area contributed by atoms with E-state index in [1.54, 1.807) is 0 Å². The fraction of sp³-hybridized carbons (Fsp3) is 0.417. The molecule has 2 aromatic rings. The van der Waals surface area contributed by atoms with Crippen LogP contribution in [0.1, 0.15) is 40.7 Å². The predicted molar refractivity (Wildman–Crippen MR) is 122 cm³/mol. The Morgan fingerprint density at radius 2 is 1.93 bits per heavy atom. The van der Waals surface area contributed by atoms with Crippen molar-refractivity contribution in [2.24, 2.45) is 0 Å². The maximum absolute atomic E-state index is 12.7. The summed E-state index contributed by atoms with van der Waals surface area (Å²) in [7, 11) is 0. The van der Waals surface area contributed by atoms with Gasteiger partial charge in [-0.3, -0.25) is 9.59 Å². The third-order valence-electron chi connectivity index (χ3n) is 5.74. The number of hydrogen-bond acceptors (Lipinski definition) is 4. The fourth-order valence-electron chi connectivity index (χ4n) is 4.01. The summed E-state index contributed by atoms with van der Waals surface area (Å²) in [5.74, 6) is 1.25. The lowest BCUT2D eigenvalue weighted by molar-refractivity contribution is -0.127. The molecule has 1 saturated heterocycles. The van der Waals surface area contributed by atoms with E-state index in [2.05, 4.69) is 47.5 Å². The van der Waals surface area contributed by atoms with E-state index in [0.717, 1.165) is 50.5 Å². The lowest BCUT2D eigenvalue weighted by Crippen LogP contribution is -2.31. The van der Waals surface area contributed by atoms with Crippen molar-refractivity contribution in [3.63, 3.8) is 0 Å². The largest absolute Gasteiger partial charge is 0.365 e. The highest BCUT2D eigenvalue weighted by molar-refractivity contribution is 7.99. The fourth-order valence-corrected chi connectivity index (χ4v) is 5.04. The lowest BCUT2D eigenvalue weighted by atomic mass is 10.1. The highest BCUT2D eigenvalue weighted by Crippen LogP contribution is 2.36. The number of fused-ring (bicyclic) bond motifs is 1. The number of nitrogens with one attached hydrogen (secondary N) is 1. The first kappa shape index (κ1) is 20.8. The van der Waals surface area contributed by atoms with Crippen LogP contribution in [0.15, 0.2) is 47.4 Å². The van der Waals surface area contributed by atoms with Gasteiger partial charge in [-0.25, -0.2) is 0 Å². The van der Waals surface area contributed by atoms with E-state index < -0.39 is 0 Å². The number of likely N-dealkylation sites (tertiary alicyclic amines) is 1. The van der Waals surface area contributed by atoms with Crippen molar-refractivity contribution in [3.8, 4) is 0 Å². The number of amides is 2. The van der Waals surface area contributed by atoms with Gasteiger partial charge in [-0.2, -0.15) is 0 Å². The van der Waals surface area contributed by atoms with Gasteiger partial charge in [-0.1, -0.05) is 29.8 Å². The number of nitrogens with zero attached hydrogens (tertiary/aromatic N) is 2. The second-order valence-electron chi connectivity index (χ2n) is 8.03. The van der Waals surface area contributed by atoms with E-state index in [9.17, 15) is 9.59 Å². The zero-order chi connectivity index (χ0) is 20.9. The van der Waals surface area contributed by atoms with E-state index in [-0.39, 0.29) is 11.8 Å². The minimum Gasteiger partial charge on any atom is -0.365 e. The normalized spacial score (nSPS) is 16.0. The molecular formula is C24H29N3O2S. The van der Waals surface area contributed by atoms with E-state index >= 15 is 0 Å². The van der Waals surface area contributed by atoms with Crippen LogP contribution in [0, 0.1) is 6.92 Å². The van der Waals surface area contributed by atoms with Gasteiger partial charge in [-0.15, -0.1) is 11.8 Å². The molecule has 158 valence electrons. The summed E-state index contributed by atoms with van der Waals surface area (Å²) >= 11 is 1.85. The molecule has 2 aliphatic heterocycles. The van der Waals surface area contributed by atoms with E-state index in [4.69, 9.17) is 0 Å². The molecule has 1 N–H and O–H groups in total. The second kappa shape index (κ2) is 9.56. The van der Waals surface area contributed by atoms with Crippen molar-refractivity contribution >= 4 is 29.3 Å². The Morgan fingerprint density at radius 3 is 2.70 bits per heavy atom. The number of carbonyl (C=O) groups is 2. The molecule has 30 heavy (non-hydrogen) atoms. The van der Waals surface area contributed by atoms with E-state index in [0.29, 0.717) is 18.5 Å². The molecule has 0 bridgehead atoms. The number of thioether (sulfide) groups is 1. The molecule has 2 aliphatic rings. The van der Waals surface area contributed by atoms with Crippen molar-refractivity contribution in [2.75, 3.05) is 36.8 Å². The molecule has 2 aromatic carbocycles. The summed E-state index contributed by atoms with van der Waals surface area (Å²) in [4.78, 5) is 29.8. The SMILES string of the molecule is Cc1ccc(CN2CCSc3ccc(C(=O)NCCCN4CCCC4=O)cc32)cc1. The van der Waals surface area contributed by atoms with Gasteiger partial charge in [0, 0.05) is 55.4 Å². The molecule has 0 radical (unpaired) electrons. The highest BCUT2D eigenvalue weighted by Gasteiger charge is 2.21. The maximum Gasteiger partial charge on any atom is 0.251 e. The minimum absolute atomic E-state index is 0.0450. The number of aryl methyl sites for hydroxylation is 1. The topological polar surface area (TPSA) is 52.7 Å². The molecule has 0 saturated carbocycles. The minimum atomic E-state index is -0.0450. The molecule has 0 aromatic heterocycles. The summed E-state index contributed by atoms with van der Waals surface area (Å²) in [5, 5.41) is 3.01. The molecule has 1 fully saturated rings. The lowest BCUT2D eigenvalue weighted by Gasteiger charge is -2.31. The van der Waals surface area contributed by atoms with Crippen molar-refractivity contribution in [2.45, 2.75) is 37.6 Å². The van der Waals surface area contributed by atoms with Crippen molar-refractivity contribution in [1.29, 1.82) is 0 Å². The Morgan fingerprint density at radius 1 is 1.10 bits per heavy atom. The summed E-state index contributed by atoms with van der Waals surface area (Å²) < 4.78 is 0. The van der Waals surface area contributed by atoms with Gasteiger partial charge in [0.15, 0.2) is 0 Å². The first-order valence-electron chi connectivity index (χ1n) is 10.7. The Labute approximate surface area is 182 Å². The molecule has 2 heterocycles. The van der Waals surface area contributed by atoms with Crippen molar-refractivity contribution in [1.82, 2.24) is 10.2 Å². The summed E-state index contributed by atoms with van der Waals surface area (Å²) in [6.45, 7) is 6.09. The van der Waals surface area contributed by atoms with Crippen LogP contribution < -0.4 is 10.2 Å². The summed E-state index contributed by atoms with van der Waals surface area (Å²) in [6, 6.07) is 14.7. The number of benzene rings is 2. The Hall–Kier alpha value is -2.47. The van der Waals surface area contributed by atoms with Crippen LogP contribution in [0.4, 0.5) is 5.69 Å². The molecule has 5 nitrogen and oxygen atoms in total. The number of hydrogen-bond donors (Lipinski definition) is 1. The monoisotopic (exact) mass is 423 g/mol. The maximum atomic E-state index is 12.7. The quantitative estimate of drug-likeness (QED) is 0.688. The summed E-state index contributed by atoms with van der Waals surface area (Å²) in [5.41, 5.74) is 4.38. The Kier molecular flexibility index (Phi) is 6.62. The van der Waals surface area contributed by atoms with Crippen LogP contribution in [-0.4, -0.2) is 48.6 Å². The first-order valence-corrected chi connectivity index (χ1v) is 11.7.